The summed E-state index contributed by atoms with van der Waals surface area (Å²) in [5.41, 5.74) is 1.74. The van der Waals surface area contributed by atoms with Crippen LogP contribution in [0.1, 0.15) is 63.3 Å². The number of benzene rings is 1. The molecule has 0 N–H and O–H groups in total. The lowest BCUT2D eigenvalue weighted by Crippen LogP contribution is -2.34. The van der Waals surface area contributed by atoms with Crippen molar-refractivity contribution in [1.29, 1.82) is 0 Å². The highest BCUT2D eigenvalue weighted by atomic mass is 32.2. The lowest BCUT2D eigenvalue weighted by Gasteiger charge is -2.32. The van der Waals surface area contributed by atoms with Gasteiger partial charge >= 0.3 is 0 Å². The Labute approximate surface area is 198 Å². The molecular weight excluding hydrogens is 440 g/mol. The number of aromatic nitrogens is 2. The van der Waals surface area contributed by atoms with Crippen molar-refractivity contribution in [2.75, 3.05) is 12.9 Å². The van der Waals surface area contributed by atoms with Gasteiger partial charge in [0.05, 0.1) is 30.4 Å². The second kappa shape index (κ2) is 9.98. The number of hydrogen-bond donors (Lipinski definition) is 0. The van der Waals surface area contributed by atoms with E-state index in [1.54, 1.807) is 34.8 Å². The SMILES string of the molecule is CCCCCCSc1nc2sc3c(c2c(=O)n1-c1ccc(OC)cc1)CC(C)(CC)OC3. The fourth-order valence-electron chi connectivity index (χ4n) is 4.08. The summed E-state index contributed by atoms with van der Waals surface area (Å²) in [6, 6.07) is 7.67. The molecule has 0 amide bonds. The molecule has 3 heterocycles. The predicted octanol–water partition coefficient (Wildman–Crippen LogP) is 6.37. The summed E-state index contributed by atoms with van der Waals surface area (Å²) >= 11 is 3.29. The highest BCUT2D eigenvalue weighted by Gasteiger charge is 2.33. The minimum absolute atomic E-state index is 0.0223. The molecule has 0 aliphatic carbocycles. The first-order chi connectivity index (χ1) is 15.5. The van der Waals surface area contributed by atoms with Gasteiger partial charge in [0.25, 0.3) is 5.56 Å². The van der Waals surface area contributed by atoms with E-state index < -0.39 is 0 Å². The van der Waals surface area contributed by atoms with E-state index in [1.807, 2.05) is 24.3 Å². The first kappa shape index (κ1) is 23.3. The molecule has 32 heavy (non-hydrogen) atoms. The molecule has 0 bridgehead atoms. The summed E-state index contributed by atoms with van der Waals surface area (Å²) in [5.74, 6) is 1.73. The van der Waals surface area contributed by atoms with Crippen LogP contribution in [0.2, 0.25) is 0 Å². The quantitative estimate of drug-likeness (QED) is 0.206. The molecular formula is C25H32N2O3S2. The van der Waals surface area contributed by atoms with E-state index in [1.165, 1.54) is 19.3 Å². The van der Waals surface area contributed by atoms with Crippen LogP contribution in [0, 0.1) is 0 Å². The predicted molar refractivity (Wildman–Crippen MR) is 134 cm³/mol. The summed E-state index contributed by atoms with van der Waals surface area (Å²) < 4.78 is 13.2. The Kier molecular flexibility index (Phi) is 7.27. The van der Waals surface area contributed by atoms with E-state index in [0.29, 0.717) is 6.61 Å². The molecule has 1 atom stereocenters. The third kappa shape index (κ3) is 4.61. The Hall–Kier alpha value is -1.83. The van der Waals surface area contributed by atoms with Crippen LogP contribution >= 0.6 is 23.1 Å². The highest BCUT2D eigenvalue weighted by molar-refractivity contribution is 7.99. The van der Waals surface area contributed by atoms with E-state index in [-0.39, 0.29) is 11.2 Å². The first-order valence-corrected chi connectivity index (χ1v) is 13.3. The maximum atomic E-state index is 13.9. The van der Waals surface area contributed by atoms with Crippen LogP contribution in [-0.2, 0) is 17.8 Å². The maximum Gasteiger partial charge on any atom is 0.267 e. The minimum atomic E-state index is -0.231. The van der Waals surface area contributed by atoms with E-state index >= 15 is 0 Å². The average molecular weight is 473 g/mol. The second-order valence-corrected chi connectivity index (χ2v) is 10.7. The molecule has 3 aromatic rings. The number of ether oxygens (including phenoxy) is 2. The molecule has 4 rings (SSSR count). The number of rotatable bonds is 9. The largest absolute Gasteiger partial charge is 0.497 e. The Bertz CT molecular complexity index is 1140. The van der Waals surface area contributed by atoms with Crippen LogP contribution in [0.15, 0.2) is 34.2 Å². The molecule has 0 saturated carbocycles. The Morgan fingerprint density at radius 3 is 2.69 bits per heavy atom. The van der Waals surface area contributed by atoms with Crippen molar-refractivity contribution < 1.29 is 9.47 Å². The second-order valence-electron chi connectivity index (χ2n) is 8.59. The van der Waals surface area contributed by atoms with Crippen LogP contribution in [0.25, 0.3) is 15.9 Å². The zero-order valence-electron chi connectivity index (χ0n) is 19.4. The molecule has 172 valence electrons. The van der Waals surface area contributed by atoms with Crippen molar-refractivity contribution in [2.24, 2.45) is 0 Å². The monoisotopic (exact) mass is 472 g/mol. The van der Waals surface area contributed by atoms with Crippen molar-refractivity contribution >= 4 is 33.3 Å². The van der Waals surface area contributed by atoms with Crippen LogP contribution < -0.4 is 10.3 Å². The molecule has 1 aliphatic rings. The summed E-state index contributed by atoms with van der Waals surface area (Å²) in [6.45, 7) is 7.05. The van der Waals surface area contributed by atoms with Gasteiger partial charge in [-0.15, -0.1) is 11.3 Å². The van der Waals surface area contributed by atoms with Crippen LogP contribution in [0.3, 0.4) is 0 Å². The molecule has 1 aliphatic heterocycles. The normalized spacial score (nSPS) is 18.1. The Morgan fingerprint density at radius 1 is 1.22 bits per heavy atom. The Balaban J connectivity index is 1.81. The van der Waals surface area contributed by atoms with Gasteiger partial charge in [0.1, 0.15) is 10.6 Å². The molecule has 2 aromatic heterocycles. The van der Waals surface area contributed by atoms with E-state index in [2.05, 4.69) is 20.8 Å². The number of hydrogen-bond acceptors (Lipinski definition) is 6. The summed E-state index contributed by atoms with van der Waals surface area (Å²) in [4.78, 5) is 20.9. The van der Waals surface area contributed by atoms with Gasteiger partial charge in [-0.2, -0.15) is 0 Å². The lowest BCUT2D eigenvalue weighted by molar-refractivity contribution is -0.0543. The molecule has 7 heteroatoms. The third-order valence-electron chi connectivity index (χ3n) is 6.29. The lowest BCUT2D eigenvalue weighted by atomic mass is 9.90. The fraction of sp³-hybridized carbons (Fsp3) is 0.520. The standard InChI is InChI=1S/C25H32N2O3S2/c1-5-7-8-9-14-31-24-26-22-21(19-15-25(3,6-2)30-16-20(19)32-22)23(28)27(24)17-10-12-18(29-4)13-11-17/h10-13H,5-9,14-16H2,1-4H3. The third-order valence-corrected chi connectivity index (χ3v) is 8.41. The van der Waals surface area contributed by atoms with Gasteiger partial charge in [0, 0.05) is 17.1 Å². The Morgan fingerprint density at radius 2 is 2.00 bits per heavy atom. The average Bonchev–Trinajstić information content (AvgIpc) is 3.16. The van der Waals surface area contributed by atoms with E-state index in [0.717, 1.165) is 62.3 Å². The van der Waals surface area contributed by atoms with Crippen LogP contribution in [0.4, 0.5) is 0 Å². The van der Waals surface area contributed by atoms with Gasteiger partial charge in [-0.1, -0.05) is 44.9 Å². The van der Waals surface area contributed by atoms with Gasteiger partial charge in [-0.3, -0.25) is 9.36 Å². The minimum Gasteiger partial charge on any atom is -0.497 e. The van der Waals surface area contributed by atoms with Gasteiger partial charge in [-0.05, 0) is 49.6 Å². The van der Waals surface area contributed by atoms with Gasteiger partial charge in [-0.25, -0.2) is 4.98 Å². The molecule has 0 saturated heterocycles. The summed E-state index contributed by atoms with van der Waals surface area (Å²) in [5, 5.41) is 1.53. The van der Waals surface area contributed by atoms with Gasteiger partial charge in [0.2, 0.25) is 0 Å². The van der Waals surface area contributed by atoms with Crippen LogP contribution in [0.5, 0.6) is 5.75 Å². The smallest absolute Gasteiger partial charge is 0.267 e. The first-order valence-electron chi connectivity index (χ1n) is 11.5. The van der Waals surface area contributed by atoms with Crippen LogP contribution in [-0.4, -0.2) is 28.0 Å². The fourth-order valence-corrected chi connectivity index (χ4v) is 6.23. The topological polar surface area (TPSA) is 53.4 Å². The van der Waals surface area contributed by atoms with Gasteiger partial charge < -0.3 is 9.47 Å². The van der Waals surface area contributed by atoms with Crippen molar-refractivity contribution in [2.45, 2.75) is 76.7 Å². The number of unbranched alkanes of at least 4 members (excludes halogenated alkanes) is 3. The van der Waals surface area contributed by atoms with Crippen molar-refractivity contribution in [3.63, 3.8) is 0 Å². The highest BCUT2D eigenvalue weighted by Crippen LogP contribution is 2.39. The molecule has 0 fully saturated rings. The number of methoxy groups -OCH3 is 1. The number of fused-ring (bicyclic) bond motifs is 3. The van der Waals surface area contributed by atoms with E-state index in [4.69, 9.17) is 14.5 Å². The number of thioether (sulfide) groups is 1. The molecule has 5 nitrogen and oxygen atoms in total. The zero-order chi connectivity index (χ0) is 22.7. The summed E-state index contributed by atoms with van der Waals surface area (Å²) in [7, 11) is 1.65. The molecule has 0 spiro atoms. The maximum absolute atomic E-state index is 13.9. The van der Waals surface area contributed by atoms with Crippen molar-refractivity contribution in [3.05, 3.63) is 45.1 Å². The summed E-state index contributed by atoms with van der Waals surface area (Å²) in [6.07, 6.45) is 6.45. The number of thiophene rings is 1. The molecule has 1 unspecified atom stereocenters. The number of nitrogens with zero attached hydrogens (tertiary/aromatic N) is 2. The van der Waals surface area contributed by atoms with Gasteiger partial charge in [0.15, 0.2) is 5.16 Å². The molecule has 1 aromatic carbocycles. The zero-order valence-corrected chi connectivity index (χ0v) is 21.0. The molecule has 0 radical (unpaired) electrons. The van der Waals surface area contributed by atoms with Crippen molar-refractivity contribution in [3.8, 4) is 11.4 Å². The van der Waals surface area contributed by atoms with E-state index in [9.17, 15) is 4.79 Å². The van der Waals surface area contributed by atoms with Crippen molar-refractivity contribution in [1.82, 2.24) is 9.55 Å².